The Morgan fingerprint density at radius 2 is 1.66 bits per heavy atom. The Morgan fingerprint density at radius 1 is 0.969 bits per heavy atom. The highest BCUT2D eigenvalue weighted by Crippen LogP contribution is 2.29. The van der Waals surface area contributed by atoms with Crippen molar-refractivity contribution >= 4 is 40.3 Å². The predicted molar refractivity (Wildman–Crippen MR) is 132 cm³/mol. The molecule has 0 aliphatic rings. The molecule has 1 unspecified atom stereocenters. The second kappa shape index (κ2) is 10.5. The lowest BCUT2D eigenvalue weighted by atomic mass is 10.0. The number of nitrogens with zero attached hydrogens (tertiary/aromatic N) is 1. The predicted octanol–water partition coefficient (Wildman–Crippen LogP) is 5.38. The Hall–Kier alpha value is -3.78. The van der Waals surface area contributed by atoms with E-state index in [9.17, 15) is 9.70 Å². The summed E-state index contributed by atoms with van der Waals surface area (Å²) in [5.74, 6) is 0.236. The summed E-state index contributed by atoms with van der Waals surface area (Å²) in [6.07, 6.45) is 0. The van der Waals surface area contributed by atoms with Gasteiger partial charge in [-0.2, -0.15) is 0 Å². The van der Waals surface area contributed by atoms with Crippen LogP contribution < -0.4 is 20.7 Å². The second-order valence-electron chi connectivity index (χ2n) is 7.17. The average molecular weight is 449 g/mol. The van der Waals surface area contributed by atoms with Crippen LogP contribution in [0.25, 0.3) is 0 Å². The number of anilines is 2. The van der Waals surface area contributed by atoms with Gasteiger partial charge in [0.15, 0.2) is 5.11 Å². The van der Waals surface area contributed by atoms with Crippen molar-refractivity contribution in [3.8, 4) is 5.75 Å². The van der Waals surface area contributed by atoms with Crippen molar-refractivity contribution in [1.29, 1.82) is 0 Å². The molecule has 164 valence electrons. The number of benzene rings is 3. The molecule has 0 bridgehead atoms. The lowest BCUT2D eigenvalue weighted by Crippen LogP contribution is -2.39. The minimum absolute atomic E-state index is 0.143. The highest BCUT2D eigenvalue weighted by Gasteiger charge is 2.23. The van der Waals surface area contributed by atoms with Crippen LogP contribution in [0.1, 0.15) is 22.7 Å². The first-order chi connectivity index (χ1) is 15.4. The monoisotopic (exact) mass is 448 g/mol. The fourth-order valence-electron chi connectivity index (χ4n) is 3.26. The maximum absolute atomic E-state index is 13.3. The van der Waals surface area contributed by atoms with E-state index in [1.54, 1.807) is 12.1 Å². The molecule has 0 saturated carbocycles. The van der Waals surface area contributed by atoms with Crippen LogP contribution in [0.3, 0.4) is 0 Å². The number of carbonyl (C=O) groups excluding carboxylic acids is 1. The van der Waals surface area contributed by atoms with Crippen LogP contribution in [-0.2, 0) is 4.79 Å². The fraction of sp³-hybridized carbons (Fsp3) is 0.167. The Kier molecular flexibility index (Phi) is 7.51. The Bertz CT molecular complexity index is 1120. The molecule has 8 heteroatoms. The summed E-state index contributed by atoms with van der Waals surface area (Å²) in [7, 11) is 1.50. The van der Waals surface area contributed by atoms with Crippen molar-refractivity contribution < 1.29 is 9.53 Å². The van der Waals surface area contributed by atoms with E-state index in [2.05, 4.69) is 21.1 Å². The normalized spacial score (nSPS) is 11.2. The number of nitroso groups, excluding NO2 is 1. The van der Waals surface area contributed by atoms with E-state index < -0.39 is 6.04 Å². The van der Waals surface area contributed by atoms with Gasteiger partial charge in [-0.3, -0.25) is 4.79 Å². The molecule has 0 fully saturated rings. The average Bonchev–Trinajstić information content (AvgIpc) is 2.80. The van der Waals surface area contributed by atoms with E-state index in [0.717, 1.165) is 22.4 Å². The quantitative estimate of drug-likeness (QED) is 0.332. The number of hydrogen-bond acceptors (Lipinski definition) is 5. The Morgan fingerprint density at radius 3 is 2.28 bits per heavy atom. The summed E-state index contributed by atoms with van der Waals surface area (Å²) in [4.78, 5) is 24.5. The van der Waals surface area contributed by atoms with Gasteiger partial charge in [0.1, 0.15) is 17.5 Å². The van der Waals surface area contributed by atoms with Gasteiger partial charge in [-0.1, -0.05) is 48.5 Å². The van der Waals surface area contributed by atoms with Crippen molar-refractivity contribution in [1.82, 2.24) is 5.32 Å². The highest BCUT2D eigenvalue weighted by molar-refractivity contribution is 7.80. The van der Waals surface area contributed by atoms with E-state index in [0.29, 0.717) is 11.4 Å². The summed E-state index contributed by atoms with van der Waals surface area (Å²) in [6, 6.07) is 19.2. The molecule has 3 aromatic rings. The standard InChI is InChI=1S/C24H24N4O3S/c1-15-8-7-9-16(2)21(15)26-23(29)22(17-10-5-4-6-11-17)27-24(32)25-19-13-12-18(31-3)14-20(19)28-30/h4-14,22H,1-3H3,(H,26,29)(H2,25,27,32). The van der Waals surface area contributed by atoms with Crippen LogP contribution in [0.4, 0.5) is 17.1 Å². The molecule has 0 saturated heterocycles. The molecular formula is C24H24N4O3S. The smallest absolute Gasteiger partial charge is 0.251 e. The van der Waals surface area contributed by atoms with Crippen molar-refractivity contribution in [2.45, 2.75) is 19.9 Å². The topological polar surface area (TPSA) is 91.8 Å². The van der Waals surface area contributed by atoms with E-state index in [1.807, 2.05) is 62.4 Å². The maximum Gasteiger partial charge on any atom is 0.251 e. The Balaban J connectivity index is 1.83. The third-order valence-corrected chi connectivity index (χ3v) is 5.17. The number of amides is 1. The molecule has 0 aromatic heterocycles. The van der Waals surface area contributed by atoms with Gasteiger partial charge in [0.25, 0.3) is 5.91 Å². The van der Waals surface area contributed by atoms with Crippen molar-refractivity contribution in [3.63, 3.8) is 0 Å². The number of hydrogen-bond donors (Lipinski definition) is 3. The summed E-state index contributed by atoms with van der Waals surface area (Å²) in [5, 5.41) is 12.2. The van der Waals surface area contributed by atoms with Crippen LogP contribution in [0.2, 0.25) is 0 Å². The first-order valence-electron chi connectivity index (χ1n) is 9.94. The molecule has 0 spiro atoms. The summed E-state index contributed by atoms with van der Waals surface area (Å²) >= 11 is 5.44. The lowest BCUT2D eigenvalue weighted by Gasteiger charge is -2.22. The van der Waals surface area contributed by atoms with Gasteiger partial charge in [-0.05, 0) is 60.1 Å². The van der Waals surface area contributed by atoms with Gasteiger partial charge < -0.3 is 20.7 Å². The first kappa shape index (κ1) is 22.9. The molecule has 0 aliphatic carbocycles. The number of carbonyl (C=O) groups is 1. The van der Waals surface area contributed by atoms with Crippen LogP contribution in [0.5, 0.6) is 5.75 Å². The Labute approximate surface area is 192 Å². The number of aryl methyl sites for hydroxylation is 2. The number of para-hydroxylation sites is 1. The van der Waals surface area contributed by atoms with Crippen molar-refractivity contribution in [2.24, 2.45) is 5.18 Å². The zero-order valence-electron chi connectivity index (χ0n) is 18.0. The van der Waals surface area contributed by atoms with E-state index in [-0.39, 0.29) is 16.7 Å². The molecule has 3 aromatic carbocycles. The summed E-state index contributed by atoms with van der Waals surface area (Å²) < 4.78 is 5.12. The molecule has 3 rings (SSSR count). The van der Waals surface area contributed by atoms with Crippen molar-refractivity contribution in [3.05, 3.63) is 88.3 Å². The third-order valence-electron chi connectivity index (χ3n) is 4.95. The van der Waals surface area contributed by atoms with Gasteiger partial charge in [0.05, 0.1) is 12.8 Å². The zero-order chi connectivity index (χ0) is 23.1. The molecule has 0 aliphatic heterocycles. The van der Waals surface area contributed by atoms with E-state index in [4.69, 9.17) is 17.0 Å². The molecule has 0 heterocycles. The highest BCUT2D eigenvalue weighted by atomic mass is 32.1. The molecule has 0 radical (unpaired) electrons. The minimum atomic E-state index is -0.763. The van der Waals surface area contributed by atoms with E-state index in [1.165, 1.54) is 13.2 Å². The molecule has 1 amide bonds. The molecule has 3 N–H and O–H groups in total. The molecule has 7 nitrogen and oxygen atoms in total. The van der Waals surface area contributed by atoms with Crippen LogP contribution in [0, 0.1) is 18.8 Å². The maximum atomic E-state index is 13.3. The van der Waals surface area contributed by atoms with Crippen molar-refractivity contribution in [2.75, 3.05) is 17.7 Å². The SMILES string of the molecule is COc1ccc(NC(=S)NC(C(=O)Nc2c(C)cccc2C)c2ccccc2)c(N=O)c1. The third kappa shape index (κ3) is 5.47. The van der Waals surface area contributed by atoms with Crippen LogP contribution in [0.15, 0.2) is 71.9 Å². The lowest BCUT2D eigenvalue weighted by molar-refractivity contribution is -0.117. The number of rotatable bonds is 7. The number of nitrogens with one attached hydrogen (secondary N) is 3. The molecule has 1 atom stereocenters. The number of ether oxygens (including phenoxy) is 1. The van der Waals surface area contributed by atoms with Gasteiger partial charge in [0.2, 0.25) is 0 Å². The first-order valence-corrected chi connectivity index (χ1v) is 10.3. The molecule has 32 heavy (non-hydrogen) atoms. The number of thiocarbonyl (C=S) groups is 1. The van der Waals surface area contributed by atoms with Crippen LogP contribution >= 0.6 is 12.2 Å². The number of methoxy groups -OCH3 is 1. The fourth-order valence-corrected chi connectivity index (χ4v) is 3.49. The molecular weight excluding hydrogens is 424 g/mol. The summed E-state index contributed by atoms with van der Waals surface area (Å²) in [5.41, 5.74) is 3.98. The van der Waals surface area contributed by atoms with Gasteiger partial charge in [-0.25, -0.2) is 0 Å². The summed E-state index contributed by atoms with van der Waals surface area (Å²) in [6.45, 7) is 3.88. The zero-order valence-corrected chi connectivity index (χ0v) is 18.8. The largest absolute Gasteiger partial charge is 0.497 e. The minimum Gasteiger partial charge on any atom is -0.497 e. The van der Waals surface area contributed by atoms with Gasteiger partial charge in [0, 0.05) is 11.8 Å². The van der Waals surface area contributed by atoms with E-state index >= 15 is 0 Å². The van der Waals surface area contributed by atoms with Gasteiger partial charge >= 0.3 is 0 Å². The van der Waals surface area contributed by atoms with Crippen LogP contribution in [-0.4, -0.2) is 18.1 Å². The second-order valence-corrected chi connectivity index (χ2v) is 7.58. The van der Waals surface area contributed by atoms with Gasteiger partial charge in [-0.15, -0.1) is 4.91 Å².